The number of rotatable bonds is 7. The van der Waals surface area contributed by atoms with Crippen molar-refractivity contribution < 1.29 is 0 Å². The van der Waals surface area contributed by atoms with Gasteiger partial charge in [0.15, 0.2) is 5.96 Å². The number of likely N-dealkylation sites (tertiary alicyclic amines) is 1. The van der Waals surface area contributed by atoms with Crippen LogP contribution < -0.4 is 10.6 Å². The van der Waals surface area contributed by atoms with Gasteiger partial charge in [-0.15, -0.1) is 0 Å². The normalized spacial score (nSPS) is 17.3. The molecular formula is C19H32N4. The average molecular weight is 316 g/mol. The van der Waals surface area contributed by atoms with Gasteiger partial charge < -0.3 is 15.5 Å². The van der Waals surface area contributed by atoms with Gasteiger partial charge in [-0.1, -0.05) is 31.2 Å². The maximum Gasteiger partial charge on any atom is 0.191 e. The molecule has 4 heteroatoms. The molecule has 1 fully saturated rings. The third-order valence-corrected chi connectivity index (χ3v) is 4.40. The van der Waals surface area contributed by atoms with Crippen LogP contribution in [0.5, 0.6) is 0 Å². The maximum atomic E-state index is 4.73. The van der Waals surface area contributed by atoms with Crippen molar-refractivity contribution in [2.45, 2.75) is 40.2 Å². The van der Waals surface area contributed by atoms with E-state index in [9.17, 15) is 0 Å². The molecular weight excluding hydrogens is 284 g/mol. The number of aryl methyl sites for hydroxylation is 1. The Bertz CT molecular complexity index is 492. The van der Waals surface area contributed by atoms with E-state index in [4.69, 9.17) is 4.99 Å². The zero-order chi connectivity index (χ0) is 16.5. The van der Waals surface area contributed by atoms with Crippen LogP contribution in [0.4, 0.5) is 0 Å². The summed E-state index contributed by atoms with van der Waals surface area (Å²) in [7, 11) is 0. The van der Waals surface area contributed by atoms with E-state index in [1.807, 2.05) is 0 Å². The van der Waals surface area contributed by atoms with E-state index in [1.165, 1.54) is 43.6 Å². The van der Waals surface area contributed by atoms with Crippen molar-refractivity contribution in [3.63, 3.8) is 0 Å². The number of nitrogens with one attached hydrogen (secondary N) is 2. The topological polar surface area (TPSA) is 39.7 Å². The standard InChI is InChI=1S/C19H32N4/c1-4-20-19(22-14-18-10-6-5-9-17(18)3)21-13-16(2)15-23-11-7-8-12-23/h5-6,9-10,16H,4,7-8,11-15H2,1-3H3,(H2,20,21,22). The number of hydrogen-bond donors (Lipinski definition) is 2. The minimum absolute atomic E-state index is 0.635. The van der Waals surface area contributed by atoms with E-state index in [0.717, 1.165) is 25.6 Å². The summed E-state index contributed by atoms with van der Waals surface area (Å²) in [6, 6.07) is 8.45. The second-order valence-electron chi connectivity index (χ2n) is 6.62. The van der Waals surface area contributed by atoms with Crippen molar-refractivity contribution in [1.29, 1.82) is 0 Å². The van der Waals surface area contributed by atoms with Crippen LogP contribution in [-0.4, -0.2) is 43.6 Å². The molecule has 0 amide bonds. The molecule has 0 spiro atoms. The second-order valence-corrected chi connectivity index (χ2v) is 6.62. The molecule has 4 nitrogen and oxygen atoms in total. The summed E-state index contributed by atoms with van der Waals surface area (Å²) >= 11 is 0. The Morgan fingerprint density at radius 3 is 2.65 bits per heavy atom. The van der Waals surface area contributed by atoms with Crippen LogP contribution in [0.1, 0.15) is 37.8 Å². The van der Waals surface area contributed by atoms with Crippen LogP contribution >= 0.6 is 0 Å². The molecule has 1 heterocycles. The van der Waals surface area contributed by atoms with Crippen molar-refractivity contribution in [3.05, 3.63) is 35.4 Å². The van der Waals surface area contributed by atoms with E-state index < -0.39 is 0 Å². The number of guanidine groups is 1. The van der Waals surface area contributed by atoms with Gasteiger partial charge in [-0.05, 0) is 56.8 Å². The molecule has 128 valence electrons. The fourth-order valence-corrected chi connectivity index (χ4v) is 3.03. The van der Waals surface area contributed by atoms with Gasteiger partial charge in [-0.2, -0.15) is 0 Å². The Morgan fingerprint density at radius 1 is 1.22 bits per heavy atom. The van der Waals surface area contributed by atoms with E-state index in [0.29, 0.717) is 5.92 Å². The first-order chi connectivity index (χ1) is 11.2. The fourth-order valence-electron chi connectivity index (χ4n) is 3.03. The van der Waals surface area contributed by atoms with Crippen molar-refractivity contribution in [2.24, 2.45) is 10.9 Å². The summed E-state index contributed by atoms with van der Waals surface area (Å²) in [5, 5.41) is 6.84. The first-order valence-corrected chi connectivity index (χ1v) is 8.98. The van der Waals surface area contributed by atoms with Gasteiger partial charge in [-0.3, -0.25) is 0 Å². The second kappa shape index (κ2) is 9.56. The monoisotopic (exact) mass is 316 g/mol. The van der Waals surface area contributed by atoms with Gasteiger partial charge in [0.1, 0.15) is 0 Å². The molecule has 0 aliphatic carbocycles. The van der Waals surface area contributed by atoms with Crippen LogP contribution in [-0.2, 0) is 6.54 Å². The summed E-state index contributed by atoms with van der Waals surface area (Å²) in [4.78, 5) is 7.30. The predicted octanol–water partition coefficient (Wildman–Crippen LogP) is 2.78. The third kappa shape index (κ3) is 6.22. The molecule has 1 aliphatic heterocycles. The molecule has 23 heavy (non-hydrogen) atoms. The van der Waals surface area contributed by atoms with Gasteiger partial charge in [0, 0.05) is 19.6 Å². The predicted molar refractivity (Wildman–Crippen MR) is 98.8 cm³/mol. The molecule has 1 unspecified atom stereocenters. The Morgan fingerprint density at radius 2 is 1.96 bits per heavy atom. The van der Waals surface area contributed by atoms with Gasteiger partial charge >= 0.3 is 0 Å². The van der Waals surface area contributed by atoms with Gasteiger partial charge in [0.2, 0.25) is 0 Å². The molecule has 1 aliphatic rings. The zero-order valence-corrected chi connectivity index (χ0v) is 14.9. The van der Waals surface area contributed by atoms with Crippen molar-refractivity contribution in [1.82, 2.24) is 15.5 Å². The molecule has 1 aromatic rings. The minimum atomic E-state index is 0.635. The Kier molecular flexibility index (Phi) is 7.40. The van der Waals surface area contributed by atoms with Crippen LogP contribution in [0.15, 0.2) is 29.3 Å². The number of aliphatic imine (C=N–C) groups is 1. The summed E-state index contributed by atoms with van der Waals surface area (Å²) in [6.07, 6.45) is 2.72. The van der Waals surface area contributed by atoms with E-state index >= 15 is 0 Å². The lowest BCUT2D eigenvalue weighted by atomic mass is 10.1. The van der Waals surface area contributed by atoms with Crippen LogP contribution in [0.3, 0.4) is 0 Å². The van der Waals surface area contributed by atoms with E-state index in [-0.39, 0.29) is 0 Å². The smallest absolute Gasteiger partial charge is 0.191 e. The van der Waals surface area contributed by atoms with E-state index in [1.54, 1.807) is 0 Å². The molecule has 0 bridgehead atoms. The quantitative estimate of drug-likeness (QED) is 0.600. The van der Waals surface area contributed by atoms with Crippen LogP contribution in [0.2, 0.25) is 0 Å². The Balaban J connectivity index is 1.82. The molecule has 1 saturated heterocycles. The molecule has 0 radical (unpaired) electrons. The maximum absolute atomic E-state index is 4.73. The molecule has 1 aromatic carbocycles. The summed E-state index contributed by atoms with van der Waals surface area (Å²) < 4.78 is 0. The zero-order valence-electron chi connectivity index (χ0n) is 14.9. The Labute approximate surface area is 141 Å². The van der Waals surface area contributed by atoms with Gasteiger partial charge in [0.25, 0.3) is 0 Å². The SMILES string of the molecule is CCNC(=NCc1ccccc1C)NCC(C)CN1CCCC1. The van der Waals surface area contributed by atoms with Gasteiger partial charge in [-0.25, -0.2) is 4.99 Å². The number of hydrogen-bond acceptors (Lipinski definition) is 2. The first kappa shape index (κ1) is 17.8. The van der Waals surface area contributed by atoms with E-state index in [2.05, 4.69) is 60.6 Å². The molecule has 2 N–H and O–H groups in total. The molecule has 0 aromatic heterocycles. The highest BCUT2D eigenvalue weighted by atomic mass is 15.2. The molecule has 0 saturated carbocycles. The largest absolute Gasteiger partial charge is 0.357 e. The lowest BCUT2D eigenvalue weighted by Gasteiger charge is -2.21. The third-order valence-electron chi connectivity index (χ3n) is 4.40. The lowest BCUT2D eigenvalue weighted by molar-refractivity contribution is 0.287. The minimum Gasteiger partial charge on any atom is -0.357 e. The van der Waals surface area contributed by atoms with Crippen molar-refractivity contribution in [2.75, 3.05) is 32.7 Å². The number of nitrogens with zero attached hydrogens (tertiary/aromatic N) is 2. The molecule has 1 atom stereocenters. The first-order valence-electron chi connectivity index (χ1n) is 8.98. The lowest BCUT2D eigenvalue weighted by Crippen LogP contribution is -2.41. The summed E-state index contributed by atoms with van der Waals surface area (Å²) in [5.74, 6) is 1.56. The van der Waals surface area contributed by atoms with Gasteiger partial charge in [0.05, 0.1) is 6.54 Å². The van der Waals surface area contributed by atoms with Crippen LogP contribution in [0, 0.1) is 12.8 Å². The summed E-state index contributed by atoms with van der Waals surface area (Å²) in [5.41, 5.74) is 2.59. The van der Waals surface area contributed by atoms with Crippen LogP contribution in [0.25, 0.3) is 0 Å². The van der Waals surface area contributed by atoms with Crippen molar-refractivity contribution in [3.8, 4) is 0 Å². The highest BCUT2D eigenvalue weighted by Crippen LogP contribution is 2.10. The molecule has 2 rings (SSSR count). The fraction of sp³-hybridized carbons (Fsp3) is 0.632. The number of benzene rings is 1. The highest BCUT2D eigenvalue weighted by molar-refractivity contribution is 5.79. The summed E-state index contributed by atoms with van der Waals surface area (Å²) in [6.45, 7) is 12.9. The highest BCUT2D eigenvalue weighted by Gasteiger charge is 2.14. The average Bonchev–Trinajstić information content (AvgIpc) is 3.04. The Hall–Kier alpha value is -1.55. The van der Waals surface area contributed by atoms with Crippen molar-refractivity contribution >= 4 is 5.96 Å².